The molecule has 5 nitrogen and oxygen atoms in total. The maximum Gasteiger partial charge on any atom is 0.260 e. The zero-order valence-electron chi connectivity index (χ0n) is 9.81. The summed E-state index contributed by atoms with van der Waals surface area (Å²) in [7, 11) is 0. The molecule has 0 radical (unpaired) electrons. The molecule has 0 aliphatic rings. The number of benzene rings is 1. The molecule has 0 fully saturated rings. The fourth-order valence-electron chi connectivity index (χ4n) is 1.23. The van der Waals surface area contributed by atoms with Crippen molar-refractivity contribution in [1.82, 2.24) is 5.32 Å². The Morgan fingerprint density at radius 3 is 2.83 bits per heavy atom. The first-order valence-electron chi connectivity index (χ1n) is 5.39. The summed E-state index contributed by atoms with van der Waals surface area (Å²) < 4.78 is 6.26. The average molecular weight is 315 g/mol. The Bertz CT molecular complexity index is 436. The zero-order chi connectivity index (χ0) is 13.5. The summed E-state index contributed by atoms with van der Waals surface area (Å²) in [5.74, 6) is -1.00. The van der Waals surface area contributed by atoms with Gasteiger partial charge in [0.05, 0.1) is 0 Å². The van der Waals surface area contributed by atoms with E-state index < -0.39 is 12.1 Å². The van der Waals surface area contributed by atoms with Crippen molar-refractivity contribution in [1.29, 1.82) is 0 Å². The van der Waals surface area contributed by atoms with Gasteiger partial charge in [0.25, 0.3) is 5.91 Å². The molecule has 0 saturated carbocycles. The minimum atomic E-state index is -1.20. The van der Waals surface area contributed by atoms with E-state index in [-0.39, 0.29) is 18.9 Å². The molecule has 1 aromatic rings. The maximum atomic E-state index is 11.6. The van der Waals surface area contributed by atoms with Crippen molar-refractivity contribution in [2.45, 2.75) is 19.4 Å². The Labute approximate surface area is 113 Å². The molecule has 6 heteroatoms. The van der Waals surface area contributed by atoms with Gasteiger partial charge in [-0.25, -0.2) is 0 Å². The van der Waals surface area contributed by atoms with Crippen LogP contribution in [0.4, 0.5) is 0 Å². The second kappa shape index (κ2) is 7.00. The van der Waals surface area contributed by atoms with Crippen molar-refractivity contribution in [3.63, 3.8) is 0 Å². The molecule has 1 unspecified atom stereocenters. The van der Waals surface area contributed by atoms with Crippen LogP contribution in [0.15, 0.2) is 28.7 Å². The number of carboxylic acid groups (broad SMARTS) is 1. The van der Waals surface area contributed by atoms with Gasteiger partial charge in [-0.2, -0.15) is 0 Å². The van der Waals surface area contributed by atoms with Crippen LogP contribution in [0, 0.1) is 0 Å². The van der Waals surface area contributed by atoms with Crippen LogP contribution >= 0.6 is 15.9 Å². The van der Waals surface area contributed by atoms with Gasteiger partial charge in [0, 0.05) is 23.4 Å². The van der Waals surface area contributed by atoms with Gasteiger partial charge in [0.1, 0.15) is 5.75 Å². The first-order valence-corrected chi connectivity index (χ1v) is 6.18. The Morgan fingerprint density at radius 2 is 2.22 bits per heavy atom. The number of hydrogen-bond acceptors (Lipinski definition) is 4. The smallest absolute Gasteiger partial charge is 0.260 e. The fraction of sp³-hybridized carbons (Fsp3) is 0.333. The molecule has 1 rings (SSSR count). The monoisotopic (exact) mass is 314 g/mol. The van der Waals surface area contributed by atoms with E-state index >= 15 is 0 Å². The highest BCUT2D eigenvalue weighted by atomic mass is 79.9. The summed E-state index contributed by atoms with van der Waals surface area (Å²) in [6.07, 6.45) is -0.906. The predicted octanol–water partition coefficient (Wildman–Crippen LogP) is 0.473. The molecular weight excluding hydrogens is 302 g/mol. The van der Waals surface area contributed by atoms with Crippen LogP contribution < -0.4 is 15.2 Å². The Morgan fingerprint density at radius 1 is 1.50 bits per heavy atom. The number of carbonyl (C=O) groups is 2. The van der Waals surface area contributed by atoms with Crippen molar-refractivity contribution in [2.75, 3.05) is 6.54 Å². The van der Waals surface area contributed by atoms with Gasteiger partial charge >= 0.3 is 0 Å². The average Bonchev–Trinajstić information content (AvgIpc) is 2.28. The molecule has 1 atom stereocenters. The summed E-state index contributed by atoms with van der Waals surface area (Å²) in [6, 6.07) is 7.11. The molecule has 0 spiro atoms. The highest BCUT2D eigenvalue weighted by molar-refractivity contribution is 9.10. The van der Waals surface area contributed by atoms with Gasteiger partial charge in [-0.05, 0) is 25.1 Å². The summed E-state index contributed by atoms with van der Waals surface area (Å²) in [5, 5.41) is 12.6. The van der Waals surface area contributed by atoms with Crippen LogP contribution in [-0.4, -0.2) is 24.5 Å². The minimum absolute atomic E-state index is 0.0351. The summed E-state index contributed by atoms with van der Waals surface area (Å²) in [6.45, 7) is 1.63. The quantitative estimate of drug-likeness (QED) is 0.828. The number of halogens is 1. The summed E-state index contributed by atoms with van der Waals surface area (Å²) >= 11 is 3.29. The highest BCUT2D eigenvalue weighted by Crippen LogP contribution is 2.18. The zero-order valence-corrected chi connectivity index (χ0v) is 11.4. The number of nitrogens with one attached hydrogen (secondary N) is 1. The van der Waals surface area contributed by atoms with Crippen LogP contribution in [0.2, 0.25) is 0 Å². The largest absolute Gasteiger partial charge is 0.550 e. The van der Waals surface area contributed by atoms with E-state index in [1.54, 1.807) is 25.1 Å². The number of hydrogen-bond donors (Lipinski definition) is 1. The first kappa shape index (κ1) is 14.5. The van der Waals surface area contributed by atoms with E-state index in [4.69, 9.17) is 4.74 Å². The van der Waals surface area contributed by atoms with E-state index in [1.165, 1.54) is 0 Å². The third kappa shape index (κ3) is 5.18. The molecule has 0 bridgehead atoms. The Kier molecular flexibility index (Phi) is 5.64. The summed E-state index contributed by atoms with van der Waals surface area (Å²) in [5.41, 5.74) is 0. The highest BCUT2D eigenvalue weighted by Gasteiger charge is 2.13. The summed E-state index contributed by atoms with van der Waals surface area (Å²) in [4.78, 5) is 21.7. The molecule has 1 aromatic carbocycles. The lowest BCUT2D eigenvalue weighted by molar-refractivity contribution is -0.305. The lowest BCUT2D eigenvalue weighted by Gasteiger charge is -2.15. The Hall–Kier alpha value is -1.56. The molecule has 98 valence electrons. The molecule has 0 heterocycles. The number of carboxylic acids is 1. The van der Waals surface area contributed by atoms with Crippen molar-refractivity contribution in [2.24, 2.45) is 0 Å². The van der Waals surface area contributed by atoms with Gasteiger partial charge in [0.15, 0.2) is 6.10 Å². The SMILES string of the molecule is CC(Oc1cccc(Br)c1)C(=O)NCCC(=O)[O-]. The van der Waals surface area contributed by atoms with Crippen LogP contribution in [0.1, 0.15) is 13.3 Å². The minimum Gasteiger partial charge on any atom is -0.550 e. The molecule has 1 amide bonds. The van der Waals surface area contributed by atoms with Crippen molar-refractivity contribution < 1.29 is 19.4 Å². The van der Waals surface area contributed by atoms with Crippen molar-refractivity contribution >= 4 is 27.8 Å². The number of amides is 1. The van der Waals surface area contributed by atoms with Crippen LogP contribution in [0.3, 0.4) is 0 Å². The topological polar surface area (TPSA) is 78.5 Å². The molecular formula is C12H13BrNO4-. The van der Waals surface area contributed by atoms with E-state index in [1.807, 2.05) is 6.07 Å². The van der Waals surface area contributed by atoms with Gasteiger partial charge in [-0.3, -0.25) is 4.79 Å². The van der Waals surface area contributed by atoms with Crippen LogP contribution in [0.5, 0.6) is 5.75 Å². The van der Waals surface area contributed by atoms with Gasteiger partial charge in [0.2, 0.25) is 0 Å². The molecule has 0 saturated heterocycles. The third-order valence-electron chi connectivity index (χ3n) is 2.11. The predicted molar refractivity (Wildman–Crippen MR) is 66.9 cm³/mol. The molecule has 0 aromatic heterocycles. The van der Waals surface area contributed by atoms with E-state index in [0.29, 0.717) is 5.75 Å². The molecule has 1 N–H and O–H groups in total. The second-order valence-electron chi connectivity index (χ2n) is 3.63. The van der Waals surface area contributed by atoms with Gasteiger partial charge < -0.3 is 20.0 Å². The standard InChI is InChI=1S/C12H14BrNO4/c1-8(12(17)14-6-5-11(15)16)18-10-4-2-3-9(13)7-10/h2-4,7-8H,5-6H2,1H3,(H,14,17)(H,15,16)/p-1. The van der Waals surface area contributed by atoms with E-state index in [9.17, 15) is 14.7 Å². The van der Waals surface area contributed by atoms with E-state index in [0.717, 1.165) is 4.47 Å². The van der Waals surface area contributed by atoms with Crippen molar-refractivity contribution in [3.05, 3.63) is 28.7 Å². The molecule has 0 aliphatic heterocycles. The lowest BCUT2D eigenvalue weighted by Crippen LogP contribution is -2.38. The first-order chi connectivity index (χ1) is 8.49. The van der Waals surface area contributed by atoms with E-state index in [2.05, 4.69) is 21.2 Å². The van der Waals surface area contributed by atoms with Gasteiger partial charge in [-0.15, -0.1) is 0 Å². The Balaban J connectivity index is 2.42. The van der Waals surface area contributed by atoms with Gasteiger partial charge in [-0.1, -0.05) is 22.0 Å². The van der Waals surface area contributed by atoms with Crippen LogP contribution in [-0.2, 0) is 9.59 Å². The number of aliphatic carboxylic acids is 1. The lowest BCUT2D eigenvalue weighted by atomic mass is 10.3. The number of rotatable bonds is 6. The number of carbonyl (C=O) groups excluding carboxylic acids is 2. The maximum absolute atomic E-state index is 11.6. The molecule has 0 aliphatic carbocycles. The van der Waals surface area contributed by atoms with Crippen molar-refractivity contribution in [3.8, 4) is 5.75 Å². The molecule has 18 heavy (non-hydrogen) atoms. The second-order valence-corrected chi connectivity index (χ2v) is 4.55. The fourth-order valence-corrected chi connectivity index (χ4v) is 1.61. The van der Waals surface area contributed by atoms with Crippen LogP contribution in [0.25, 0.3) is 0 Å². The number of ether oxygens (including phenoxy) is 1. The normalized spacial score (nSPS) is 11.7. The third-order valence-corrected chi connectivity index (χ3v) is 2.60.